The molecule has 0 atom stereocenters. The van der Waals surface area contributed by atoms with E-state index in [2.05, 4.69) is 14.8 Å². The summed E-state index contributed by atoms with van der Waals surface area (Å²) in [4.78, 5) is 16.5. The van der Waals surface area contributed by atoms with Crippen LogP contribution in [-0.2, 0) is 19.5 Å². The number of carbonyl (C=O) groups excluding carboxylic acids is 1. The highest BCUT2D eigenvalue weighted by atomic mass is 32.1. The van der Waals surface area contributed by atoms with Crippen molar-refractivity contribution in [2.75, 3.05) is 7.05 Å². The predicted molar refractivity (Wildman–Crippen MR) is 77.9 cm³/mol. The summed E-state index contributed by atoms with van der Waals surface area (Å²) in [5, 5.41) is 8.38. The maximum absolute atomic E-state index is 12.5. The van der Waals surface area contributed by atoms with Gasteiger partial charge in [0, 0.05) is 29.8 Å². The summed E-state index contributed by atoms with van der Waals surface area (Å²) in [6, 6.07) is 1.97. The van der Waals surface area contributed by atoms with Crippen LogP contribution in [0.1, 0.15) is 38.2 Å². The minimum Gasteiger partial charge on any atom is -0.334 e. The lowest BCUT2D eigenvalue weighted by molar-refractivity contribution is 0.0780. The van der Waals surface area contributed by atoms with Crippen LogP contribution >= 0.6 is 11.3 Å². The van der Waals surface area contributed by atoms with Crippen LogP contribution in [0.3, 0.4) is 0 Å². The third kappa shape index (κ3) is 2.24. The number of aryl methyl sites for hydroxylation is 3. The summed E-state index contributed by atoms with van der Waals surface area (Å²) < 4.78 is 2.13. The summed E-state index contributed by atoms with van der Waals surface area (Å²) >= 11 is 1.66. The standard InChI is InChI=1S/C14H18N4OS/c1-9-7-11(10(2)20-9)14(19)17(3)8-13-16-15-12-5-4-6-18(12)13/h7H,4-6,8H2,1-3H3. The van der Waals surface area contributed by atoms with Gasteiger partial charge in [-0.3, -0.25) is 4.79 Å². The van der Waals surface area contributed by atoms with Crippen LogP contribution in [-0.4, -0.2) is 32.6 Å². The van der Waals surface area contributed by atoms with Gasteiger partial charge in [0.25, 0.3) is 5.91 Å². The van der Waals surface area contributed by atoms with Crippen molar-refractivity contribution in [1.29, 1.82) is 0 Å². The zero-order valence-electron chi connectivity index (χ0n) is 12.0. The first-order chi connectivity index (χ1) is 9.56. The second-order valence-electron chi connectivity index (χ2n) is 5.28. The molecule has 0 fully saturated rings. The van der Waals surface area contributed by atoms with Crippen molar-refractivity contribution in [2.24, 2.45) is 0 Å². The van der Waals surface area contributed by atoms with Gasteiger partial charge in [0.15, 0.2) is 5.82 Å². The van der Waals surface area contributed by atoms with Crippen LogP contribution in [0.4, 0.5) is 0 Å². The van der Waals surface area contributed by atoms with Gasteiger partial charge in [-0.2, -0.15) is 0 Å². The lowest BCUT2D eigenvalue weighted by Gasteiger charge is -2.16. The molecule has 3 rings (SSSR count). The van der Waals surface area contributed by atoms with Crippen LogP contribution < -0.4 is 0 Å². The van der Waals surface area contributed by atoms with E-state index in [1.165, 1.54) is 4.88 Å². The molecule has 1 aliphatic heterocycles. The van der Waals surface area contributed by atoms with Crippen molar-refractivity contribution >= 4 is 17.2 Å². The van der Waals surface area contributed by atoms with Crippen LogP contribution in [0.5, 0.6) is 0 Å². The zero-order valence-corrected chi connectivity index (χ0v) is 12.8. The highest BCUT2D eigenvalue weighted by molar-refractivity contribution is 7.12. The minimum atomic E-state index is 0.0576. The molecule has 2 aromatic rings. The third-order valence-corrected chi connectivity index (χ3v) is 4.65. The van der Waals surface area contributed by atoms with Gasteiger partial charge in [-0.05, 0) is 26.3 Å². The van der Waals surface area contributed by atoms with Gasteiger partial charge >= 0.3 is 0 Å². The Morgan fingerprint density at radius 1 is 1.45 bits per heavy atom. The van der Waals surface area contributed by atoms with Gasteiger partial charge in [0.05, 0.1) is 12.1 Å². The van der Waals surface area contributed by atoms with Crippen molar-refractivity contribution in [3.8, 4) is 0 Å². The second kappa shape index (κ2) is 5.01. The van der Waals surface area contributed by atoms with E-state index in [-0.39, 0.29) is 5.91 Å². The molecule has 0 aliphatic carbocycles. The van der Waals surface area contributed by atoms with E-state index in [4.69, 9.17) is 0 Å². The average Bonchev–Trinajstić information content (AvgIpc) is 3.06. The fourth-order valence-electron chi connectivity index (χ4n) is 2.66. The molecule has 0 aromatic carbocycles. The third-order valence-electron chi connectivity index (χ3n) is 3.68. The molecule has 0 radical (unpaired) electrons. The molecule has 0 saturated heterocycles. The quantitative estimate of drug-likeness (QED) is 0.870. The molecule has 5 nitrogen and oxygen atoms in total. The van der Waals surface area contributed by atoms with Gasteiger partial charge in [-0.25, -0.2) is 0 Å². The summed E-state index contributed by atoms with van der Waals surface area (Å²) in [6.07, 6.45) is 2.12. The first-order valence-electron chi connectivity index (χ1n) is 6.79. The molecule has 2 aromatic heterocycles. The fourth-order valence-corrected chi connectivity index (χ4v) is 3.58. The lowest BCUT2D eigenvalue weighted by atomic mass is 10.2. The van der Waals surface area contributed by atoms with Gasteiger partial charge < -0.3 is 9.47 Å². The van der Waals surface area contributed by atoms with Gasteiger partial charge in [-0.15, -0.1) is 21.5 Å². The van der Waals surface area contributed by atoms with Crippen molar-refractivity contribution in [3.63, 3.8) is 0 Å². The Morgan fingerprint density at radius 2 is 2.25 bits per heavy atom. The van der Waals surface area contributed by atoms with Crippen molar-refractivity contribution in [2.45, 2.75) is 39.8 Å². The molecular weight excluding hydrogens is 272 g/mol. The summed E-state index contributed by atoms with van der Waals surface area (Å²) in [6.45, 7) is 5.50. The van der Waals surface area contributed by atoms with Crippen molar-refractivity contribution in [1.82, 2.24) is 19.7 Å². The van der Waals surface area contributed by atoms with Crippen LogP contribution in [0.25, 0.3) is 0 Å². The molecular formula is C14H18N4OS. The molecule has 0 saturated carbocycles. The number of fused-ring (bicyclic) bond motifs is 1. The summed E-state index contributed by atoms with van der Waals surface area (Å²) in [7, 11) is 1.82. The normalized spacial score (nSPS) is 13.6. The first-order valence-corrected chi connectivity index (χ1v) is 7.61. The summed E-state index contributed by atoms with van der Waals surface area (Å²) in [5.41, 5.74) is 0.802. The Bertz CT molecular complexity index is 658. The van der Waals surface area contributed by atoms with Crippen LogP contribution in [0.2, 0.25) is 0 Å². The van der Waals surface area contributed by atoms with E-state index in [0.29, 0.717) is 6.54 Å². The first kappa shape index (κ1) is 13.3. The zero-order chi connectivity index (χ0) is 14.3. The van der Waals surface area contributed by atoms with Gasteiger partial charge in [0.2, 0.25) is 0 Å². The number of aromatic nitrogens is 3. The van der Waals surface area contributed by atoms with Crippen molar-refractivity contribution in [3.05, 3.63) is 33.0 Å². The molecule has 6 heteroatoms. The molecule has 0 spiro atoms. The van der Waals surface area contributed by atoms with E-state index in [1.807, 2.05) is 27.0 Å². The minimum absolute atomic E-state index is 0.0576. The largest absolute Gasteiger partial charge is 0.334 e. The molecule has 0 N–H and O–H groups in total. The number of carbonyl (C=O) groups is 1. The second-order valence-corrected chi connectivity index (χ2v) is 6.74. The number of hydrogen-bond acceptors (Lipinski definition) is 4. The number of amides is 1. The SMILES string of the molecule is Cc1cc(C(=O)N(C)Cc2nnc3n2CCC3)c(C)s1. The maximum Gasteiger partial charge on any atom is 0.255 e. The Hall–Kier alpha value is -1.69. The topological polar surface area (TPSA) is 51.0 Å². The lowest BCUT2D eigenvalue weighted by Crippen LogP contribution is -2.27. The molecule has 0 unspecified atom stereocenters. The molecule has 20 heavy (non-hydrogen) atoms. The monoisotopic (exact) mass is 290 g/mol. The van der Waals surface area contributed by atoms with E-state index >= 15 is 0 Å². The molecule has 0 bridgehead atoms. The Morgan fingerprint density at radius 3 is 2.95 bits per heavy atom. The fraction of sp³-hybridized carbons (Fsp3) is 0.500. The van der Waals surface area contributed by atoms with Gasteiger partial charge in [-0.1, -0.05) is 0 Å². The molecule has 1 amide bonds. The van der Waals surface area contributed by atoms with Crippen LogP contribution in [0, 0.1) is 13.8 Å². The number of nitrogens with zero attached hydrogens (tertiary/aromatic N) is 4. The summed E-state index contributed by atoms with van der Waals surface area (Å²) in [5.74, 6) is 1.99. The van der Waals surface area contributed by atoms with Crippen LogP contribution in [0.15, 0.2) is 6.07 Å². The Balaban J connectivity index is 1.77. The highest BCUT2D eigenvalue weighted by Gasteiger charge is 2.21. The average molecular weight is 290 g/mol. The smallest absolute Gasteiger partial charge is 0.255 e. The van der Waals surface area contributed by atoms with E-state index in [1.54, 1.807) is 16.2 Å². The molecule has 3 heterocycles. The number of rotatable bonds is 3. The van der Waals surface area contributed by atoms with E-state index < -0.39 is 0 Å². The number of hydrogen-bond donors (Lipinski definition) is 0. The van der Waals surface area contributed by atoms with E-state index in [9.17, 15) is 4.79 Å². The predicted octanol–water partition coefficient (Wildman–Crippen LogP) is 2.17. The van der Waals surface area contributed by atoms with Gasteiger partial charge in [0.1, 0.15) is 5.82 Å². The molecule has 1 aliphatic rings. The van der Waals surface area contributed by atoms with E-state index in [0.717, 1.165) is 41.5 Å². The molecule has 106 valence electrons. The van der Waals surface area contributed by atoms with Crippen molar-refractivity contribution < 1.29 is 4.79 Å². The highest BCUT2D eigenvalue weighted by Crippen LogP contribution is 2.22. The number of thiophene rings is 1. The Kier molecular flexibility index (Phi) is 3.33. The maximum atomic E-state index is 12.5. The Labute approximate surface area is 122 Å².